The standard InChI is InChI=1S/C21H13NO2/c22-18-10-9-15-11-3-1-5-13-16(21(23)24)8-7-14(19(11)13)12-4-2-6-17(18)20(12)15/h1-10H,22H2,(H,23,24). The van der Waals surface area contributed by atoms with Crippen LogP contribution < -0.4 is 5.73 Å². The summed E-state index contributed by atoms with van der Waals surface area (Å²) >= 11 is 0. The second kappa shape index (κ2) is 4.36. The number of aromatic carboxylic acids is 1. The van der Waals surface area contributed by atoms with Crippen LogP contribution in [0.4, 0.5) is 5.69 Å². The third-order valence-electron chi connectivity index (χ3n) is 4.93. The quantitative estimate of drug-likeness (QED) is 0.259. The Morgan fingerprint density at radius 3 is 1.83 bits per heavy atom. The Balaban J connectivity index is 2.20. The topological polar surface area (TPSA) is 63.3 Å². The Morgan fingerprint density at radius 2 is 1.17 bits per heavy atom. The van der Waals surface area contributed by atoms with Crippen molar-refractivity contribution in [2.75, 3.05) is 5.73 Å². The van der Waals surface area contributed by atoms with Crippen LogP contribution in [0.2, 0.25) is 0 Å². The maximum absolute atomic E-state index is 11.6. The average molecular weight is 311 g/mol. The Hall–Kier alpha value is -3.33. The van der Waals surface area contributed by atoms with E-state index in [1.165, 1.54) is 0 Å². The molecule has 0 amide bonds. The predicted octanol–water partition coefficient (Wildman–Crippen LogP) is 5.02. The fourth-order valence-corrected chi connectivity index (χ4v) is 3.92. The van der Waals surface area contributed by atoms with Crippen molar-refractivity contribution in [3.8, 4) is 0 Å². The molecule has 0 heterocycles. The minimum atomic E-state index is -0.903. The molecule has 0 aliphatic heterocycles. The second-order valence-corrected chi connectivity index (χ2v) is 6.12. The van der Waals surface area contributed by atoms with Crippen LogP contribution in [0.3, 0.4) is 0 Å². The summed E-state index contributed by atoms with van der Waals surface area (Å²) in [6.07, 6.45) is 0. The number of carbonyl (C=O) groups is 1. The minimum Gasteiger partial charge on any atom is -0.478 e. The van der Waals surface area contributed by atoms with Gasteiger partial charge >= 0.3 is 5.97 Å². The molecule has 0 fully saturated rings. The van der Waals surface area contributed by atoms with Crippen molar-refractivity contribution in [2.45, 2.75) is 0 Å². The molecular weight excluding hydrogens is 298 g/mol. The third-order valence-corrected chi connectivity index (χ3v) is 4.93. The molecular formula is C21H13NO2. The van der Waals surface area contributed by atoms with Gasteiger partial charge in [-0.05, 0) is 49.8 Å². The lowest BCUT2D eigenvalue weighted by Gasteiger charge is -2.16. The van der Waals surface area contributed by atoms with Crippen molar-refractivity contribution in [2.24, 2.45) is 0 Å². The number of hydrogen-bond donors (Lipinski definition) is 2. The molecule has 0 aliphatic carbocycles. The van der Waals surface area contributed by atoms with Crippen molar-refractivity contribution >= 4 is 54.7 Å². The van der Waals surface area contributed by atoms with Gasteiger partial charge < -0.3 is 10.8 Å². The predicted molar refractivity (Wildman–Crippen MR) is 99.0 cm³/mol. The van der Waals surface area contributed by atoms with Crippen LogP contribution in [0.1, 0.15) is 10.4 Å². The van der Waals surface area contributed by atoms with Gasteiger partial charge in [-0.25, -0.2) is 4.79 Å². The zero-order chi connectivity index (χ0) is 16.4. The van der Waals surface area contributed by atoms with Gasteiger partial charge in [0.05, 0.1) is 5.56 Å². The molecule has 0 aromatic heterocycles. The molecule has 3 nitrogen and oxygen atoms in total. The molecule has 3 N–H and O–H groups in total. The van der Waals surface area contributed by atoms with Crippen molar-refractivity contribution in [3.63, 3.8) is 0 Å². The SMILES string of the molecule is Nc1ccc2c3cccc4c(C(=O)O)ccc(c5cccc1c25)c43. The first kappa shape index (κ1) is 13.1. The molecule has 0 atom stereocenters. The van der Waals surface area contributed by atoms with E-state index in [0.29, 0.717) is 5.56 Å². The number of carboxylic acid groups (broad SMARTS) is 1. The maximum Gasteiger partial charge on any atom is 0.336 e. The fourth-order valence-electron chi connectivity index (χ4n) is 3.92. The van der Waals surface area contributed by atoms with E-state index in [4.69, 9.17) is 5.73 Å². The van der Waals surface area contributed by atoms with Crippen LogP contribution in [0.25, 0.3) is 43.1 Å². The summed E-state index contributed by atoms with van der Waals surface area (Å²) in [6.45, 7) is 0. The van der Waals surface area contributed by atoms with Gasteiger partial charge in [0, 0.05) is 11.1 Å². The summed E-state index contributed by atoms with van der Waals surface area (Å²) in [5.74, 6) is -0.903. The summed E-state index contributed by atoms with van der Waals surface area (Å²) in [5.41, 5.74) is 7.27. The highest BCUT2D eigenvalue weighted by molar-refractivity contribution is 6.35. The van der Waals surface area contributed by atoms with Crippen molar-refractivity contribution < 1.29 is 9.90 Å². The van der Waals surface area contributed by atoms with Crippen molar-refractivity contribution in [1.29, 1.82) is 0 Å². The van der Waals surface area contributed by atoms with Crippen LogP contribution >= 0.6 is 0 Å². The molecule has 0 spiro atoms. The van der Waals surface area contributed by atoms with E-state index < -0.39 is 5.97 Å². The Kier molecular flexibility index (Phi) is 2.39. The number of nitrogens with two attached hydrogens (primary N) is 1. The van der Waals surface area contributed by atoms with Gasteiger partial charge in [-0.15, -0.1) is 0 Å². The normalized spacial score (nSPS) is 11.8. The molecule has 0 radical (unpaired) electrons. The lowest BCUT2D eigenvalue weighted by atomic mass is 9.88. The first-order valence-corrected chi connectivity index (χ1v) is 7.78. The van der Waals surface area contributed by atoms with E-state index in [9.17, 15) is 9.90 Å². The molecule has 0 bridgehead atoms. The van der Waals surface area contributed by atoms with E-state index in [1.54, 1.807) is 6.07 Å². The lowest BCUT2D eigenvalue weighted by Crippen LogP contribution is -1.98. The molecule has 0 aliphatic rings. The van der Waals surface area contributed by atoms with Crippen LogP contribution in [0.15, 0.2) is 60.7 Å². The number of rotatable bonds is 1. The molecule has 3 heteroatoms. The highest BCUT2D eigenvalue weighted by Crippen LogP contribution is 2.42. The number of benzene rings is 5. The highest BCUT2D eigenvalue weighted by atomic mass is 16.4. The van der Waals surface area contributed by atoms with Gasteiger partial charge in [0.2, 0.25) is 0 Å². The summed E-state index contributed by atoms with van der Waals surface area (Å²) < 4.78 is 0. The first-order chi connectivity index (χ1) is 11.7. The lowest BCUT2D eigenvalue weighted by molar-refractivity contribution is 0.0699. The molecule has 5 rings (SSSR count). The van der Waals surface area contributed by atoms with Crippen molar-refractivity contribution in [1.82, 2.24) is 0 Å². The molecule has 5 aromatic carbocycles. The summed E-state index contributed by atoms with van der Waals surface area (Å²) in [5, 5.41) is 17.8. The monoisotopic (exact) mass is 311 g/mol. The number of fused-ring (bicyclic) bond motifs is 2. The van der Waals surface area contributed by atoms with Crippen LogP contribution in [-0.4, -0.2) is 11.1 Å². The van der Waals surface area contributed by atoms with E-state index in [1.807, 2.05) is 42.5 Å². The first-order valence-electron chi connectivity index (χ1n) is 7.78. The van der Waals surface area contributed by atoms with Gasteiger partial charge in [0.15, 0.2) is 0 Å². The maximum atomic E-state index is 11.6. The van der Waals surface area contributed by atoms with Gasteiger partial charge in [-0.1, -0.05) is 48.5 Å². The van der Waals surface area contributed by atoms with Crippen LogP contribution in [-0.2, 0) is 0 Å². The number of nitrogen functional groups attached to an aromatic ring is 1. The van der Waals surface area contributed by atoms with Gasteiger partial charge in [0.25, 0.3) is 0 Å². The Bertz CT molecular complexity index is 1270. The highest BCUT2D eigenvalue weighted by Gasteiger charge is 2.17. The van der Waals surface area contributed by atoms with E-state index in [-0.39, 0.29) is 0 Å². The summed E-state index contributed by atoms with van der Waals surface area (Å²) in [7, 11) is 0. The van der Waals surface area contributed by atoms with Crippen molar-refractivity contribution in [3.05, 3.63) is 66.2 Å². The summed E-state index contributed by atoms with van der Waals surface area (Å²) in [6, 6.07) is 19.5. The van der Waals surface area contributed by atoms with Gasteiger partial charge in [0.1, 0.15) is 0 Å². The third kappa shape index (κ3) is 1.48. The van der Waals surface area contributed by atoms with Crippen LogP contribution in [0.5, 0.6) is 0 Å². The van der Waals surface area contributed by atoms with Crippen LogP contribution in [0, 0.1) is 0 Å². The zero-order valence-corrected chi connectivity index (χ0v) is 12.7. The number of carboxylic acids is 1. The molecule has 0 unspecified atom stereocenters. The Labute approximate surface area is 137 Å². The molecule has 24 heavy (non-hydrogen) atoms. The number of anilines is 1. The molecule has 0 saturated carbocycles. The number of hydrogen-bond acceptors (Lipinski definition) is 2. The summed E-state index contributed by atoms with van der Waals surface area (Å²) in [4.78, 5) is 11.6. The average Bonchev–Trinajstić information content (AvgIpc) is 2.60. The van der Waals surface area contributed by atoms with E-state index in [2.05, 4.69) is 12.1 Å². The minimum absolute atomic E-state index is 0.335. The second-order valence-electron chi connectivity index (χ2n) is 6.12. The smallest absolute Gasteiger partial charge is 0.336 e. The zero-order valence-electron chi connectivity index (χ0n) is 12.7. The Morgan fingerprint density at radius 1 is 0.667 bits per heavy atom. The van der Waals surface area contributed by atoms with Gasteiger partial charge in [-0.3, -0.25) is 0 Å². The molecule has 0 saturated heterocycles. The van der Waals surface area contributed by atoms with E-state index in [0.717, 1.165) is 48.8 Å². The molecule has 5 aromatic rings. The van der Waals surface area contributed by atoms with Gasteiger partial charge in [-0.2, -0.15) is 0 Å². The van der Waals surface area contributed by atoms with E-state index >= 15 is 0 Å². The largest absolute Gasteiger partial charge is 0.478 e. The fraction of sp³-hybridized carbons (Fsp3) is 0. The molecule has 114 valence electrons.